The van der Waals surface area contributed by atoms with Gasteiger partial charge in [-0.15, -0.1) is 0 Å². The summed E-state index contributed by atoms with van der Waals surface area (Å²) in [6, 6.07) is 3.15. The van der Waals surface area contributed by atoms with Gasteiger partial charge in [-0.25, -0.2) is 4.98 Å². The molecule has 5 nitrogen and oxygen atoms in total. The molecule has 72 valence electrons. The van der Waals surface area contributed by atoms with E-state index < -0.39 is 10.3 Å². The lowest BCUT2D eigenvalue weighted by Gasteiger charge is -2.03. The van der Waals surface area contributed by atoms with E-state index in [-0.39, 0.29) is 5.75 Å². The summed E-state index contributed by atoms with van der Waals surface area (Å²) < 4.78 is 26.1. The highest BCUT2D eigenvalue weighted by Gasteiger charge is 2.09. The number of aryl methyl sites for hydroxylation is 1. The van der Waals surface area contributed by atoms with Crippen LogP contribution in [-0.4, -0.2) is 13.4 Å². The molecule has 13 heavy (non-hydrogen) atoms. The molecule has 0 aliphatic heterocycles. The third-order valence-corrected chi connectivity index (χ3v) is 2.34. The van der Waals surface area contributed by atoms with Crippen molar-refractivity contribution >= 4 is 32.9 Å². The molecule has 0 aromatic carbocycles. The van der Waals surface area contributed by atoms with E-state index in [0.29, 0.717) is 3.70 Å². The Hall–Kier alpha value is -0.410. The SMILES string of the molecule is Cc1ccc(OS(N)(=O)=O)c(I)n1. The van der Waals surface area contributed by atoms with Gasteiger partial charge in [-0.1, -0.05) is 0 Å². The van der Waals surface area contributed by atoms with Gasteiger partial charge in [0.05, 0.1) is 0 Å². The number of pyridine rings is 1. The zero-order valence-corrected chi connectivity index (χ0v) is 9.66. The molecule has 0 saturated carbocycles. The topological polar surface area (TPSA) is 82.3 Å². The highest BCUT2D eigenvalue weighted by molar-refractivity contribution is 14.1. The fourth-order valence-electron chi connectivity index (χ4n) is 0.700. The van der Waals surface area contributed by atoms with Crippen LogP contribution >= 0.6 is 22.6 Å². The van der Waals surface area contributed by atoms with E-state index in [2.05, 4.69) is 9.17 Å². The minimum atomic E-state index is -3.96. The van der Waals surface area contributed by atoms with Crippen LogP contribution in [0.15, 0.2) is 12.1 Å². The lowest BCUT2D eigenvalue weighted by atomic mass is 10.4. The first-order chi connectivity index (χ1) is 5.88. The predicted octanol–water partition coefficient (Wildman–Crippen LogP) is 0.577. The Labute approximate surface area is 89.7 Å². The summed E-state index contributed by atoms with van der Waals surface area (Å²) in [5, 5.41) is 4.69. The maximum absolute atomic E-state index is 10.6. The molecular weight excluding hydrogens is 307 g/mol. The van der Waals surface area contributed by atoms with Gasteiger partial charge in [0.1, 0.15) is 3.70 Å². The maximum Gasteiger partial charge on any atom is 0.380 e. The molecule has 0 spiro atoms. The van der Waals surface area contributed by atoms with Crippen molar-refractivity contribution in [2.45, 2.75) is 6.92 Å². The smallest absolute Gasteiger partial charge is 0.368 e. The van der Waals surface area contributed by atoms with E-state index in [1.165, 1.54) is 6.07 Å². The number of aromatic nitrogens is 1. The van der Waals surface area contributed by atoms with Crippen molar-refractivity contribution in [3.63, 3.8) is 0 Å². The third kappa shape index (κ3) is 3.44. The monoisotopic (exact) mass is 314 g/mol. The van der Waals surface area contributed by atoms with Crippen molar-refractivity contribution in [1.29, 1.82) is 0 Å². The molecule has 0 atom stereocenters. The lowest BCUT2D eigenvalue weighted by Crippen LogP contribution is -2.19. The summed E-state index contributed by atoms with van der Waals surface area (Å²) in [4.78, 5) is 4.00. The molecule has 1 aromatic heterocycles. The molecular formula is C6H7IN2O3S. The standard InChI is InChI=1S/C6H7IN2O3S/c1-4-2-3-5(6(7)9-4)12-13(8,10)11/h2-3H,1H3,(H2,8,10,11). The summed E-state index contributed by atoms with van der Waals surface area (Å²) in [7, 11) is -3.96. The van der Waals surface area contributed by atoms with Crippen molar-refractivity contribution in [3.8, 4) is 5.75 Å². The average molecular weight is 314 g/mol. The molecule has 0 radical (unpaired) electrons. The van der Waals surface area contributed by atoms with Crippen LogP contribution in [0.5, 0.6) is 5.75 Å². The quantitative estimate of drug-likeness (QED) is 0.639. The van der Waals surface area contributed by atoms with Crippen LogP contribution in [0.3, 0.4) is 0 Å². The number of hydrogen-bond donors (Lipinski definition) is 1. The van der Waals surface area contributed by atoms with E-state index in [0.717, 1.165) is 5.69 Å². The van der Waals surface area contributed by atoms with Gasteiger partial charge in [-0.3, -0.25) is 0 Å². The van der Waals surface area contributed by atoms with E-state index >= 15 is 0 Å². The van der Waals surface area contributed by atoms with Crippen LogP contribution in [0.1, 0.15) is 5.69 Å². The maximum atomic E-state index is 10.6. The number of nitrogens with two attached hydrogens (primary N) is 1. The van der Waals surface area contributed by atoms with Crippen LogP contribution in [0.2, 0.25) is 0 Å². The van der Waals surface area contributed by atoms with Gasteiger partial charge in [0.25, 0.3) is 0 Å². The summed E-state index contributed by atoms with van der Waals surface area (Å²) in [5.41, 5.74) is 0.783. The van der Waals surface area contributed by atoms with E-state index in [1.54, 1.807) is 13.0 Å². The molecule has 0 aliphatic rings. The molecule has 7 heteroatoms. The fraction of sp³-hybridized carbons (Fsp3) is 0.167. The second kappa shape index (κ2) is 3.76. The minimum absolute atomic E-state index is 0.147. The minimum Gasteiger partial charge on any atom is -0.368 e. The molecule has 1 aromatic rings. The molecule has 2 N–H and O–H groups in total. The van der Waals surface area contributed by atoms with Crippen LogP contribution in [0.4, 0.5) is 0 Å². The van der Waals surface area contributed by atoms with Gasteiger partial charge >= 0.3 is 10.3 Å². The fourth-order valence-corrected chi connectivity index (χ4v) is 1.90. The zero-order valence-electron chi connectivity index (χ0n) is 6.69. The van der Waals surface area contributed by atoms with Gasteiger partial charge < -0.3 is 4.18 Å². The average Bonchev–Trinajstić information content (AvgIpc) is 1.93. The third-order valence-electron chi connectivity index (χ3n) is 1.16. The molecule has 1 rings (SSSR count). The first kappa shape index (κ1) is 10.7. The molecule has 0 saturated heterocycles. The highest BCUT2D eigenvalue weighted by atomic mass is 127. The first-order valence-electron chi connectivity index (χ1n) is 3.24. The van der Waals surface area contributed by atoms with E-state index in [9.17, 15) is 8.42 Å². The van der Waals surface area contributed by atoms with Crippen molar-refractivity contribution in [1.82, 2.24) is 4.98 Å². The van der Waals surface area contributed by atoms with Crippen LogP contribution in [-0.2, 0) is 10.3 Å². The highest BCUT2D eigenvalue weighted by Crippen LogP contribution is 2.19. The van der Waals surface area contributed by atoms with Gasteiger partial charge in [0.15, 0.2) is 5.75 Å². The summed E-state index contributed by atoms with van der Waals surface area (Å²) in [5.74, 6) is 0.147. The summed E-state index contributed by atoms with van der Waals surface area (Å²) in [6.07, 6.45) is 0. The Morgan fingerprint density at radius 1 is 1.54 bits per heavy atom. The van der Waals surface area contributed by atoms with Crippen molar-refractivity contribution in [3.05, 3.63) is 21.5 Å². The molecule has 0 fully saturated rings. The summed E-state index contributed by atoms with van der Waals surface area (Å²) in [6.45, 7) is 1.79. The Balaban J connectivity index is 3.04. The Kier molecular flexibility index (Phi) is 3.09. The van der Waals surface area contributed by atoms with Gasteiger partial charge in [-0.05, 0) is 41.6 Å². The Morgan fingerprint density at radius 3 is 2.62 bits per heavy atom. The van der Waals surface area contributed by atoms with Gasteiger partial charge in [0.2, 0.25) is 0 Å². The number of rotatable bonds is 2. The van der Waals surface area contributed by atoms with Crippen LogP contribution in [0.25, 0.3) is 0 Å². The Bertz CT molecular complexity index is 418. The predicted molar refractivity (Wildman–Crippen MR) is 55.4 cm³/mol. The van der Waals surface area contributed by atoms with Crippen LogP contribution in [0, 0.1) is 10.6 Å². The lowest BCUT2D eigenvalue weighted by molar-refractivity contribution is 0.484. The Morgan fingerprint density at radius 2 is 2.15 bits per heavy atom. The molecule has 0 aliphatic carbocycles. The van der Waals surface area contributed by atoms with Crippen molar-refractivity contribution in [2.24, 2.45) is 5.14 Å². The number of nitrogens with zero attached hydrogens (tertiary/aromatic N) is 1. The first-order valence-corrected chi connectivity index (χ1v) is 5.79. The van der Waals surface area contributed by atoms with E-state index in [1.807, 2.05) is 22.6 Å². The molecule has 0 bridgehead atoms. The molecule has 0 amide bonds. The van der Waals surface area contributed by atoms with Crippen LogP contribution < -0.4 is 9.32 Å². The number of hydrogen-bond acceptors (Lipinski definition) is 4. The second-order valence-corrected chi connectivity index (χ2v) is 4.49. The van der Waals surface area contributed by atoms with Crippen molar-refractivity contribution in [2.75, 3.05) is 0 Å². The van der Waals surface area contributed by atoms with Gasteiger partial charge in [-0.2, -0.15) is 13.6 Å². The largest absolute Gasteiger partial charge is 0.380 e. The normalized spacial score (nSPS) is 11.3. The van der Waals surface area contributed by atoms with E-state index in [4.69, 9.17) is 5.14 Å². The second-order valence-electron chi connectivity index (χ2n) is 2.32. The van der Waals surface area contributed by atoms with Crippen molar-refractivity contribution < 1.29 is 12.6 Å². The summed E-state index contributed by atoms with van der Waals surface area (Å²) >= 11 is 1.87. The van der Waals surface area contributed by atoms with Gasteiger partial charge in [0, 0.05) is 5.69 Å². The number of halogens is 1. The molecule has 0 unspecified atom stereocenters. The molecule has 1 heterocycles. The zero-order chi connectivity index (χ0) is 10.1.